The predicted octanol–water partition coefficient (Wildman–Crippen LogP) is 1.49. The van der Waals surface area contributed by atoms with Gasteiger partial charge in [0.05, 0.1) is 19.8 Å². The van der Waals surface area contributed by atoms with Crippen molar-refractivity contribution in [2.45, 2.75) is 19.1 Å². The van der Waals surface area contributed by atoms with Crippen LogP contribution in [0.4, 0.5) is 13.2 Å². The molecule has 1 aromatic rings. The van der Waals surface area contributed by atoms with Crippen molar-refractivity contribution in [2.24, 2.45) is 11.8 Å². The molecule has 1 rings (SSSR count). The van der Waals surface area contributed by atoms with E-state index in [1.807, 2.05) is 5.32 Å². The van der Waals surface area contributed by atoms with Crippen molar-refractivity contribution < 1.29 is 46.9 Å². The summed E-state index contributed by atoms with van der Waals surface area (Å²) in [5, 5.41) is 11.4. The van der Waals surface area contributed by atoms with Crippen LogP contribution in [0.2, 0.25) is 0 Å². The Morgan fingerprint density at radius 1 is 1.07 bits per heavy atom. The van der Waals surface area contributed by atoms with Gasteiger partial charge in [0.2, 0.25) is 0 Å². The van der Waals surface area contributed by atoms with Crippen molar-refractivity contribution in [1.29, 1.82) is 0 Å². The molecule has 28 heavy (non-hydrogen) atoms. The Morgan fingerprint density at radius 2 is 1.61 bits per heavy atom. The second-order valence-corrected chi connectivity index (χ2v) is 5.75. The van der Waals surface area contributed by atoms with Crippen LogP contribution in [0.15, 0.2) is 24.3 Å². The zero-order valence-corrected chi connectivity index (χ0v) is 15.1. The molecule has 0 bridgehead atoms. The van der Waals surface area contributed by atoms with Gasteiger partial charge < -0.3 is 19.9 Å². The number of carbonyl (C=O) groups is 4. The number of esters is 2. The van der Waals surface area contributed by atoms with Crippen molar-refractivity contribution in [3.8, 4) is 0 Å². The van der Waals surface area contributed by atoms with Gasteiger partial charge in [-0.05, 0) is 18.2 Å². The van der Waals surface area contributed by atoms with E-state index >= 15 is 0 Å². The molecule has 0 aliphatic heterocycles. The van der Waals surface area contributed by atoms with Crippen molar-refractivity contribution in [3.63, 3.8) is 0 Å². The molecule has 0 fully saturated rings. The summed E-state index contributed by atoms with van der Waals surface area (Å²) in [7, 11) is 1.95. The van der Waals surface area contributed by atoms with Gasteiger partial charge in [0.1, 0.15) is 6.04 Å². The van der Waals surface area contributed by atoms with Gasteiger partial charge >= 0.3 is 24.1 Å². The van der Waals surface area contributed by atoms with E-state index in [0.29, 0.717) is 6.07 Å². The molecule has 0 spiro atoms. The van der Waals surface area contributed by atoms with Gasteiger partial charge in [-0.25, -0.2) is 4.79 Å². The Morgan fingerprint density at radius 3 is 2.04 bits per heavy atom. The van der Waals surface area contributed by atoms with Gasteiger partial charge in [0.15, 0.2) is 5.92 Å². The Labute approximate surface area is 157 Å². The molecule has 0 heterocycles. The Bertz CT molecular complexity index is 747. The van der Waals surface area contributed by atoms with Gasteiger partial charge in [0, 0.05) is 11.5 Å². The van der Waals surface area contributed by atoms with E-state index in [1.54, 1.807) is 0 Å². The number of hydrogen-bond donors (Lipinski definition) is 2. The number of rotatable bonds is 7. The van der Waals surface area contributed by atoms with E-state index in [2.05, 4.69) is 9.47 Å². The molecule has 0 aliphatic carbocycles. The van der Waals surface area contributed by atoms with Crippen LogP contribution in [0.25, 0.3) is 0 Å². The summed E-state index contributed by atoms with van der Waals surface area (Å²) in [6.07, 6.45) is -4.70. The highest BCUT2D eigenvalue weighted by Gasteiger charge is 2.42. The van der Waals surface area contributed by atoms with E-state index in [0.717, 1.165) is 32.4 Å². The number of hydrogen-bond acceptors (Lipinski definition) is 6. The first-order chi connectivity index (χ1) is 12.9. The lowest BCUT2D eigenvalue weighted by Gasteiger charge is -2.26. The van der Waals surface area contributed by atoms with Gasteiger partial charge in [-0.15, -0.1) is 0 Å². The fourth-order valence-electron chi connectivity index (χ4n) is 2.45. The molecule has 8 nitrogen and oxygen atoms in total. The second kappa shape index (κ2) is 9.20. The van der Waals surface area contributed by atoms with Crippen LogP contribution in [0.1, 0.15) is 22.8 Å². The summed E-state index contributed by atoms with van der Waals surface area (Å²) in [5.74, 6) is -7.90. The normalized spacial score (nSPS) is 13.4. The zero-order chi connectivity index (χ0) is 21.6. The third kappa shape index (κ3) is 5.44. The van der Waals surface area contributed by atoms with Crippen LogP contribution in [0, 0.1) is 11.8 Å². The fraction of sp³-hybridized carbons (Fsp3) is 0.412. The smallest absolute Gasteiger partial charge is 0.416 e. The first-order valence-corrected chi connectivity index (χ1v) is 7.80. The zero-order valence-electron chi connectivity index (χ0n) is 15.1. The van der Waals surface area contributed by atoms with Gasteiger partial charge in [0.25, 0.3) is 5.91 Å². The summed E-state index contributed by atoms with van der Waals surface area (Å²) < 4.78 is 47.3. The number of nitrogens with one attached hydrogen (secondary N) is 1. The van der Waals surface area contributed by atoms with Gasteiger partial charge in [-0.1, -0.05) is 13.0 Å². The number of alkyl halides is 3. The average molecular weight is 405 g/mol. The SMILES string of the molecule is COC(=O)C(C(=O)OC)[C@H](C)[C@@H](NC(=O)c1cccc(C(F)(F)F)c1)C(=O)O. The van der Waals surface area contributed by atoms with E-state index in [9.17, 15) is 37.5 Å². The molecule has 0 aromatic heterocycles. The fourth-order valence-corrected chi connectivity index (χ4v) is 2.45. The van der Waals surface area contributed by atoms with Crippen LogP contribution in [-0.2, 0) is 30.0 Å². The molecule has 2 N–H and O–H groups in total. The molecular formula is C17H18F3NO7. The quantitative estimate of drug-likeness (QED) is 0.521. The number of aliphatic carboxylic acids is 1. The standard InChI is InChI=1S/C17H18F3NO7/c1-8(11(15(25)27-2)16(26)28-3)12(14(23)24)21-13(22)9-5-4-6-10(7-9)17(18,19)20/h4-8,11-12H,1-3H3,(H,21,22)(H,23,24)/t8-,12+/m0/s1. The van der Waals surface area contributed by atoms with Crippen LogP contribution >= 0.6 is 0 Å². The molecule has 0 saturated carbocycles. The van der Waals surface area contributed by atoms with Crippen LogP contribution in [-0.4, -0.2) is 49.2 Å². The highest BCUT2D eigenvalue weighted by molar-refractivity contribution is 5.98. The van der Waals surface area contributed by atoms with Crippen molar-refractivity contribution in [3.05, 3.63) is 35.4 Å². The Hall–Kier alpha value is -3.11. The summed E-state index contributed by atoms with van der Waals surface area (Å²) in [4.78, 5) is 47.5. The number of carboxylic acid groups (broad SMARTS) is 1. The Kier molecular flexibility index (Phi) is 7.53. The van der Waals surface area contributed by atoms with Crippen LogP contribution in [0.5, 0.6) is 0 Å². The second-order valence-electron chi connectivity index (χ2n) is 5.75. The van der Waals surface area contributed by atoms with Crippen molar-refractivity contribution in [2.75, 3.05) is 14.2 Å². The minimum Gasteiger partial charge on any atom is -0.480 e. The third-order valence-electron chi connectivity index (χ3n) is 3.97. The summed E-state index contributed by atoms with van der Waals surface area (Å²) >= 11 is 0. The number of amides is 1. The summed E-state index contributed by atoms with van der Waals surface area (Å²) in [5.41, 5.74) is -1.54. The molecule has 11 heteroatoms. The molecule has 1 aromatic carbocycles. The maximum absolute atomic E-state index is 12.8. The van der Waals surface area contributed by atoms with Crippen LogP contribution < -0.4 is 5.32 Å². The maximum atomic E-state index is 12.8. The third-order valence-corrected chi connectivity index (χ3v) is 3.97. The minimum atomic E-state index is -4.70. The molecule has 0 unspecified atom stereocenters. The van der Waals surface area contributed by atoms with E-state index in [-0.39, 0.29) is 0 Å². The number of methoxy groups -OCH3 is 2. The minimum absolute atomic E-state index is 0.444. The number of ether oxygens (including phenoxy) is 2. The number of benzene rings is 1. The molecule has 1 amide bonds. The molecule has 0 aliphatic rings. The molecular weight excluding hydrogens is 387 g/mol. The Balaban J connectivity index is 3.16. The van der Waals surface area contributed by atoms with Gasteiger partial charge in [-0.3, -0.25) is 14.4 Å². The first kappa shape index (κ1) is 22.9. The predicted molar refractivity (Wildman–Crippen MR) is 87.0 cm³/mol. The number of carbonyl (C=O) groups excluding carboxylic acids is 3. The topological polar surface area (TPSA) is 119 Å². The highest BCUT2D eigenvalue weighted by atomic mass is 19.4. The lowest BCUT2D eigenvalue weighted by molar-refractivity contribution is -0.162. The van der Waals surface area contributed by atoms with Crippen molar-refractivity contribution >= 4 is 23.8 Å². The number of carboxylic acids is 1. The lowest BCUT2D eigenvalue weighted by Crippen LogP contribution is -2.50. The molecule has 0 radical (unpaired) electrons. The van der Waals surface area contributed by atoms with E-state index in [1.165, 1.54) is 6.92 Å². The summed E-state index contributed by atoms with van der Waals surface area (Å²) in [6, 6.07) is 1.56. The first-order valence-electron chi connectivity index (χ1n) is 7.80. The maximum Gasteiger partial charge on any atom is 0.416 e. The molecule has 154 valence electrons. The molecule has 0 saturated heterocycles. The van der Waals surface area contributed by atoms with E-state index < -0.39 is 59.0 Å². The largest absolute Gasteiger partial charge is 0.480 e. The van der Waals surface area contributed by atoms with Crippen LogP contribution in [0.3, 0.4) is 0 Å². The van der Waals surface area contributed by atoms with Gasteiger partial charge in [-0.2, -0.15) is 13.2 Å². The highest BCUT2D eigenvalue weighted by Crippen LogP contribution is 2.29. The van der Waals surface area contributed by atoms with Crippen molar-refractivity contribution in [1.82, 2.24) is 5.32 Å². The summed E-state index contributed by atoms with van der Waals surface area (Å²) in [6.45, 7) is 1.18. The average Bonchev–Trinajstić information content (AvgIpc) is 2.64. The monoisotopic (exact) mass is 405 g/mol. The van der Waals surface area contributed by atoms with E-state index in [4.69, 9.17) is 0 Å². The lowest BCUT2D eigenvalue weighted by atomic mass is 9.87. The number of halogens is 3. The molecule has 2 atom stereocenters.